The number of nitrogens with one attached hydrogen (secondary N) is 1. The molecule has 4 atom stereocenters. The maximum absolute atomic E-state index is 10.1. The molecule has 0 radical (unpaired) electrons. The highest BCUT2D eigenvalue weighted by molar-refractivity contribution is 5.88. The van der Waals surface area contributed by atoms with E-state index in [1.807, 2.05) is 30.3 Å². The Balaban J connectivity index is 1.90. The molecule has 6 heteroatoms. The van der Waals surface area contributed by atoms with Crippen LogP contribution in [-0.2, 0) is 15.9 Å². The average molecular weight is 346 g/mol. The molecule has 3 saturated heterocycles. The summed E-state index contributed by atoms with van der Waals surface area (Å²) < 4.78 is 12.2. The Morgan fingerprint density at radius 2 is 1.81 bits per heavy atom. The quantitative estimate of drug-likeness (QED) is 0.884. The van der Waals surface area contributed by atoms with E-state index in [0.29, 0.717) is 19.3 Å². The Bertz CT molecular complexity index is 864. The fraction of sp³-hybridized carbons (Fsp3) is 0.500. The highest BCUT2D eigenvalue weighted by Gasteiger charge is 2.79. The molecule has 26 heavy (non-hydrogen) atoms. The molecule has 1 aromatic rings. The molecular formula is C20H18N4O2. The van der Waals surface area contributed by atoms with Gasteiger partial charge in [-0.2, -0.15) is 15.8 Å². The minimum absolute atomic E-state index is 0.298. The number of nitriles is 3. The SMILES string of the molecule is N#CC1(C#N)[C@H]2CCCC[C@@]23OC(=N)[C@@]1(C#N)[C@H](Cc1ccccc1)O3. The molecule has 1 saturated carbocycles. The maximum atomic E-state index is 10.1. The molecule has 1 aliphatic carbocycles. The van der Waals surface area contributed by atoms with Crippen LogP contribution in [0.5, 0.6) is 0 Å². The molecule has 0 aromatic heterocycles. The first-order valence-corrected chi connectivity index (χ1v) is 8.82. The van der Waals surface area contributed by atoms with Gasteiger partial charge in [-0.05, 0) is 18.4 Å². The van der Waals surface area contributed by atoms with Gasteiger partial charge in [-0.3, -0.25) is 5.41 Å². The van der Waals surface area contributed by atoms with E-state index in [2.05, 4.69) is 18.2 Å². The van der Waals surface area contributed by atoms with Gasteiger partial charge in [0.2, 0.25) is 11.7 Å². The number of ether oxygens (including phenoxy) is 2. The molecule has 0 unspecified atom stereocenters. The fourth-order valence-corrected chi connectivity index (χ4v) is 4.98. The van der Waals surface area contributed by atoms with Gasteiger partial charge in [-0.25, -0.2) is 0 Å². The Hall–Kier alpha value is -2.88. The van der Waals surface area contributed by atoms with Crippen molar-refractivity contribution in [2.24, 2.45) is 16.7 Å². The molecular weight excluding hydrogens is 328 g/mol. The number of hydrogen-bond donors (Lipinski definition) is 1. The summed E-state index contributed by atoms with van der Waals surface area (Å²) in [5.74, 6) is -1.98. The summed E-state index contributed by atoms with van der Waals surface area (Å²) in [5, 5.41) is 38.7. The summed E-state index contributed by atoms with van der Waals surface area (Å²) in [7, 11) is 0. The van der Waals surface area contributed by atoms with Gasteiger partial charge in [-0.15, -0.1) is 0 Å². The van der Waals surface area contributed by atoms with Gasteiger partial charge in [0.25, 0.3) is 0 Å². The van der Waals surface area contributed by atoms with Gasteiger partial charge < -0.3 is 9.47 Å². The zero-order valence-corrected chi connectivity index (χ0v) is 14.2. The van der Waals surface area contributed by atoms with Crippen LogP contribution >= 0.6 is 0 Å². The van der Waals surface area contributed by atoms with Crippen LogP contribution in [0.2, 0.25) is 0 Å². The topological polar surface area (TPSA) is 114 Å². The van der Waals surface area contributed by atoms with Crippen molar-refractivity contribution in [3.05, 3.63) is 35.9 Å². The molecule has 1 aromatic carbocycles. The minimum atomic E-state index is -1.73. The molecule has 3 aliphatic heterocycles. The molecule has 3 heterocycles. The van der Waals surface area contributed by atoms with Crippen LogP contribution in [0.15, 0.2) is 30.3 Å². The third kappa shape index (κ3) is 1.79. The van der Waals surface area contributed by atoms with Gasteiger partial charge in [0.15, 0.2) is 10.8 Å². The van der Waals surface area contributed by atoms with Crippen molar-refractivity contribution in [1.82, 2.24) is 0 Å². The minimum Gasteiger partial charge on any atom is -0.447 e. The third-order valence-corrected chi connectivity index (χ3v) is 6.19. The fourth-order valence-electron chi connectivity index (χ4n) is 4.98. The smallest absolute Gasteiger partial charge is 0.217 e. The molecule has 1 N–H and O–H groups in total. The van der Waals surface area contributed by atoms with Crippen molar-refractivity contribution in [3.63, 3.8) is 0 Å². The highest BCUT2D eigenvalue weighted by Crippen LogP contribution is 2.65. The molecule has 5 rings (SSSR count). The lowest BCUT2D eigenvalue weighted by Crippen LogP contribution is -2.76. The van der Waals surface area contributed by atoms with Crippen molar-refractivity contribution in [2.45, 2.75) is 44.0 Å². The van der Waals surface area contributed by atoms with E-state index >= 15 is 0 Å². The van der Waals surface area contributed by atoms with Crippen LogP contribution in [0.1, 0.15) is 31.2 Å². The van der Waals surface area contributed by atoms with Crippen LogP contribution in [0.3, 0.4) is 0 Å². The second kappa shape index (κ2) is 5.56. The van der Waals surface area contributed by atoms with E-state index in [-0.39, 0.29) is 5.90 Å². The summed E-state index contributed by atoms with van der Waals surface area (Å²) in [4.78, 5) is 0. The lowest BCUT2D eigenvalue weighted by Gasteiger charge is -2.63. The van der Waals surface area contributed by atoms with E-state index in [0.717, 1.165) is 18.4 Å². The van der Waals surface area contributed by atoms with Crippen LogP contribution < -0.4 is 0 Å². The van der Waals surface area contributed by atoms with Crippen LogP contribution in [0, 0.1) is 56.2 Å². The normalized spacial score (nSPS) is 36.7. The van der Waals surface area contributed by atoms with Crippen molar-refractivity contribution >= 4 is 5.90 Å². The Morgan fingerprint density at radius 1 is 1.08 bits per heavy atom. The number of rotatable bonds is 2. The average Bonchev–Trinajstić information content (AvgIpc) is 2.67. The lowest BCUT2D eigenvalue weighted by atomic mass is 9.48. The van der Waals surface area contributed by atoms with Crippen molar-refractivity contribution in [1.29, 1.82) is 21.2 Å². The molecule has 130 valence electrons. The zero-order chi connectivity index (χ0) is 18.4. The first kappa shape index (κ1) is 16.6. The van der Waals surface area contributed by atoms with Gasteiger partial charge in [0, 0.05) is 12.8 Å². The summed E-state index contributed by atoms with van der Waals surface area (Å²) in [6.45, 7) is 0. The summed E-state index contributed by atoms with van der Waals surface area (Å²) in [6.07, 6.45) is 2.37. The second-order valence-corrected chi connectivity index (χ2v) is 7.29. The molecule has 2 bridgehead atoms. The maximum Gasteiger partial charge on any atom is 0.217 e. The zero-order valence-electron chi connectivity index (χ0n) is 14.2. The predicted octanol–water partition coefficient (Wildman–Crippen LogP) is 3.07. The summed E-state index contributed by atoms with van der Waals surface area (Å²) in [5.41, 5.74) is -2.44. The molecule has 4 aliphatic rings. The van der Waals surface area contributed by atoms with E-state index < -0.39 is 28.6 Å². The molecule has 0 amide bonds. The standard InChI is InChI=1S/C20H18N4O2/c21-11-18(12-22)15-8-4-5-9-20(15)25-16(10-14-6-2-1-3-7-14)19(18,13-23)17(24)26-20/h1-3,6-7,15-16,24H,4-5,8-10H2/t15-,16+,19-,20-/m1/s1. The van der Waals surface area contributed by atoms with E-state index in [1.165, 1.54) is 0 Å². The van der Waals surface area contributed by atoms with Gasteiger partial charge in [-0.1, -0.05) is 36.8 Å². The largest absolute Gasteiger partial charge is 0.447 e. The van der Waals surface area contributed by atoms with Crippen LogP contribution in [-0.4, -0.2) is 17.8 Å². The monoisotopic (exact) mass is 346 g/mol. The number of nitrogens with zero attached hydrogens (tertiary/aromatic N) is 3. The third-order valence-electron chi connectivity index (χ3n) is 6.19. The number of fused-ring (bicyclic) bond motifs is 2. The first-order valence-electron chi connectivity index (χ1n) is 8.82. The Labute approximate surface area is 152 Å². The first-order chi connectivity index (χ1) is 12.6. The lowest BCUT2D eigenvalue weighted by molar-refractivity contribution is -0.357. The van der Waals surface area contributed by atoms with Gasteiger partial charge in [0.1, 0.15) is 0 Å². The highest BCUT2D eigenvalue weighted by atomic mass is 16.7. The van der Waals surface area contributed by atoms with E-state index in [9.17, 15) is 15.8 Å². The molecule has 6 nitrogen and oxygen atoms in total. The van der Waals surface area contributed by atoms with E-state index in [4.69, 9.17) is 14.9 Å². The summed E-state index contributed by atoms with van der Waals surface area (Å²) >= 11 is 0. The van der Waals surface area contributed by atoms with Crippen LogP contribution in [0.4, 0.5) is 0 Å². The van der Waals surface area contributed by atoms with Gasteiger partial charge >= 0.3 is 0 Å². The van der Waals surface area contributed by atoms with Gasteiger partial charge in [0.05, 0.1) is 30.2 Å². The number of benzene rings is 1. The molecule has 1 spiro atoms. The van der Waals surface area contributed by atoms with Crippen LogP contribution in [0.25, 0.3) is 0 Å². The predicted molar refractivity (Wildman–Crippen MR) is 90.2 cm³/mol. The van der Waals surface area contributed by atoms with Crippen molar-refractivity contribution < 1.29 is 9.47 Å². The Morgan fingerprint density at radius 3 is 2.46 bits per heavy atom. The van der Waals surface area contributed by atoms with Crippen molar-refractivity contribution in [3.8, 4) is 18.2 Å². The Kier molecular flexibility index (Phi) is 3.55. The summed E-state index contributed by atoms with van der Waals surface area (Å²) in [6, 6.07) is 15.9. The molecule has 4 fully saturated rings. The second-order valence-electron chi connectivity index (χ2n) is 7.29. The van der Waals surface area contributed by atoms with Crippen molar-refractivity contribution in [2.75, 3.05) is 0 Å². The number of hydrogen-bond acceptors (Lipinski definition) is 6. The van der Waals surface area contributed by atoms with E-state index in [1.54, 1.807) is 0 Å².